The Morgan fingerprint density at radius 1 is 1.33 bits per heavy atom. The normalized spacial score (nSPS) is 13.5. The lowest BCUT2D eigenvalue weighted by molar-refractivity contribution is -0.118. The molecule has 5 nitrogen and oxygen atoms in total. The van der Waals surface area contributed by atoms with Crippen LogP contribution in [0.15, 0.2) is 36.7 Å². The number of halogens is 1. The minimum Gasteiger partial charge on any atom is -0.489 e. The largest absolute Gasteiger partial charge is 0.489 e. The number of carbonyl (C=O) groups is 1. The van der Waals surface area contributed by atoms with Gasteiger partial charge in [0.05, 0.1) is 12.2 Å². The Bertz CT molecular complexity index is 649. The highest BCUT2D eigenvalue weighted by Gasteiger charge is 2.23. The van der Waals surface area contributed by atoms with Crippen LogP contribution in [0.1, 0.15) is 12.2 Å². The predicted octanol–water partition coefficient (Wildman–Crippen LogP) is 1.97. The topological polar surface area (TPSA) is 55.3 Å². The molecule has 21 heavy (non-hydrogen) atoms. The molecule has 2 heterocycles. The Hall–Kier alpha value is -2.50. The minimum atomic E-state index is -0.374. The summed E-state index contributed by atoms with van der Waals surface area (Å²) in [7, 11) is 0. The molecule has 1 aromatic heterocycles. The van der Waals surface area contributed by atoms with E-state index in [4.69, 9.17) is 4.74 Å². The molecule has 0 bridgehead atoms. The highest BCUT2D eigenvalue weighted by Crippen LogP contribution is 2.32. The standard InChI is InChI=1S/C15H14FN3O2/c16-11-2-3-12-13(10-11)21-9-8-19(12)15(20)5-4-14-17-6-1-7-18-14/h1-3,6-7,10H,4-5,8-9H2. The molecule has 0 atom stereocenters. The maximum Gasteiger partial charge on any atom is 0.227 e. The third-order valence-electron chi connectivity index (χ3n) is 3.27. The lowest BCUT2D eigenvalue weighted by Crippen LogP contribution is -2.38. The molecule has 2 aromatic rings. The van der Waals surface area contributed by atoms with Gasteiger partial charge in [0, 0.05) is 31.3 Å². The van der Waals surface area contributed by atoms with Crippen LogP contribution < -0.4 is 9.64 Å². The summed E-state index contributed by atoms with van der Waals surface area (Å²) in [5, 5.41) is 0. The first-order chi connectivity index (χ1) is 10.2. The van der Waals surface area contributed by atoms with Gasteiger partial charge < -0.3 is 9.64 Å². The first-order valence-electron chi connectivity index (χ1n) is 6.72. The number of benzene rings is 1. The van der Waals surface area contributed by atoms with Gasteiger partial charge in [-0.05, 0) is 18.2 Å². The van der Waals surface area contributed by atoms with Crippen molar-refractivity contribution in [2.75, 3.05) is 18.1 Å². The Morgan fingerprint density at radius 2 is 2.14 bits per heavy atom. The van der Waals surface area contributed by atoms with Crippen LogP contribution in [-0.4, -0.2) is 29.0 Å². The predicted molar refractivity (Wildman–Crippen MR) is 74.6 cm³/mol. The number of carbonyl (C=O) groups excluding carboxylic acids is 1. The van der Waals surface area contributed by atoms with Crippen molar-refractivity contribution in [1.82, 2.24) is 9.97 Å². The Balaban J connectivity index is 1.71. The molecule has 0 unspecified atom stereocenters. The van der Waals surface area contributed by atoms with Crippen molar-refractivity contribution in [3.05, 3.63) is 48.3 Å². The average molecular weight is 287 g/mol. The number of nitrogens with zero attached hydrogens (tertiary/aromatic N) is 3. The van der Waals surface area contributed by atoms with E-state index in [1.54, 1.807) is 29.4 Å². The molecule has 3 rings (SSSR count). The van der Waals surface area contributed by atoms with Crippen LogP contribution in [0.3, 0.4) is 0 Å². The van der Waals surface area contributed by atoms with Gasteiger partial charge in [-0.15, -0.1) is 0 Å². The zero-order valence-electron chi connectivity index (χ0n) is 11.3. The van der Waals surface area contributed by atoms with E-state index in [2.05, 4.69) is 9.97 Å². The van der Waals surface area contributed by atoms with Gasteiger partial charge in [0.2, 0.25) is 5.91 Å². The molecular weight excluding hydrogens is 273 g/mol. The fraction of sp³-hybridized carbons (Fsp3) is 0.267. The summed E-state index contributed by atoms with van der Waals surface area (Å²) in [6, 6.07) is 5.93. The second kappa shape index (κ2) is 5.87. The van der Waals surface area contributed by atoms with Gasteiger partial charge in [-0.2, -0.15) is 0 Å². The monoisotopic (exact) mass is 287 g/mol. The molecule has 0 saturated heterocycles. The first-order valence-corrected chi connectivity index (χ1v) is 6.72. The zero-order chi connectivity index (χ0) is 14.7. The van der Waals surface area contributed by atoms with Crippen LogP contribution in [0.4, 0.5) is 10.1 Å². The van der Waals surface area contributed by atoms with Gasteiger partial charge in [0.1, 0.15) is 24.0 Å². The molecule has 108 valence electrons. The Labute approximate surface area is 121 Å². The lowest BCUT2D eigenvalue weighted by Gasteiger charge is -2.29. The number of aryl methyl sites for hydroxylation is 1. The molecule has 1 amide bonds. The van der Waals surface area contributed by atoms with Gasteiger partial charge in [-0.25, -0.2) is 14.4 Å². The third kappa shape index (κ3) is 2.99. The van der Waals surface area contributed by atoms with Crippen LogP contribution in [0, 0.1) is 5.82 Å². The highest BCUT2D eigenvalue weighted by molar-refractivity contribution is 5.95. The SMILES string of the molecule is O=C(CCc1ncccn1)N1CCOc2cc(F)ccc21. The molecule has 1 aromatic carbocycles. The van der Waals surface area contributed by atoms with E-state index >= 15 is 0 Å². The molecule has 0 aliphatic carbocycles. The molecule has 0 radical (unpaired) electrons. The second-order valence-electron chi connectivity index (χ2n) is 4.67. The van der Waals surface area contributed by atoms with Crippen LogP contribution in [0.2, 0.25) is 0 Å². The van der Waals surface area contributed by atoms with Crippen LogP contribution in [-0.2, 0) is 11.2 Å². The third-order valence-corrected chi connectivity index (χ3v) is 3.27. The summed E-state index contributed by atoms with van der Waals surface area (Å²) in [5.74, 6) is 0.628. The molecule has 0 saturated carbocycles. The van der Waals surface area contributed by atoms with Gasteiger partial charge in [-0.3, -0.25) is 4.79 Å². The molecule has 1 aliphatic rings. The Morgan fingerprint density at radius 3 is 2.95 bits per heavy atom. The van der Waals surface area contributed by atoms with Gasteiger partial charge in [0.15, 0.2) is 0 Å². The quantitative estimate of drug-likeness (QED) is 0.866. The Kier molecular flexibility index (Phi) is 3.77. The zero-order valence-corrected chi connectivity index (χ0v) is 11.3. The summed E-state index contributed by atoms with van der Waals surface area (Å²) in [6.45, 7) is 0.830. The van der Waals surface area contributed by atoms with Gasteiger partial charge in [-0.1, -0.05) is 0 Å². The molecular formula is C15H14FN3O2. The van der Waals surface area contributed by atoms with Crippen molar-refractivity contribution in [2.45, 2.75) is 12.8 Å². The maximum absolute atomic E-state index is 13.2. The van der Waals surface area contributed by atoms with E-state index in [1.807, 2.05) is 0 Å². The number of rotatable bonds is 3. The van der Waals surface area contributed by atoms with Crippen LogP contribution >= 0.6 is 0 Å². The number of amides is 1. The van der Waals surface area contributed by atoms with E-state index < -0.39 is 0 Å². The molecule has 1 aliphatic heterocycles. The van der Waals surface area contributed by atoms with Crippen LogP contribution in [0.5, 0.6) is 5.75 Å². The molecule has 6 heteroatoms. The van der Waals surface area contributed by atoms with E-state index in [9.17, 15) is 9.18 Å². The van der Waals surface area contributed by atoms with Crippen molar-refractivity contribution in [1.29, 1.82) is 0 Å². The number of hydrogen-bond acceptors (Lipinski definition) is 4. The molecule has 0 N–H and O–H groups in total. The average Bonchev–Trinajstić information content (AvgIpc) is 2.52. The summed E-state index contributed by atoms with van der Waals surface area (Å²) in [6.07, 6.45) is 4.09. The molecule has 0 fully saturated rings. The van der Waals surface area contributed by atoms with Crippen molar-refractivity contribution in [3.8, 4) is 5.75 Å². The van der Waals surface area contributed by atoms with E-state index in [-0.39, 0.29) is 11.7 Å². The number of hydrogen-bond donors (Lipinski definition) is 0. The van der Waals surface area contributed by atoms with E-state index in [1.165, 1.54) is 12.1 Å². The number of anilines is 1. The van der Waals surface area contributed by atoms with Crippen LogP contribution in [0.25, 0.3) is 0 Å². The fourth-order valence-electron chi connectivity index (χ4n) is 2.27. The fourth-order valence-corrected chi connectivity index (χ4v) is 2.27. The van der Waals surface area contributed by atoms with Crippen molar-refractivity contribution in [2.24, 2.45) is 0 Å². The molecule has 0 spiro atoms. The van der Waals surface area contributed by atoms with E-state index in [0.29, 0.717) is 43.3 Å². The van der Waals surface area contributed by atoms with Crippen molar-refractivity contribution in [3.63, 3.8) is 0 Å². The summed E-state index contributed by atoms with van der Waals surface area (Å²) < 4.78 is 18.6. The smallest absolute Gasteiger partial charge is 0.227 e. The van der Waals surface area contributed by atoms with Gasteiger partial charge >= 0.3 is 0 Å². The number of fused-ring (bicyclic) bond motifs is 1. The summed E-state index contributed by atoms with van der Waals surface area (Å²) in [5.41, 5.74) is 0.613. The first kappa shape index (κ1) is 13.5. The number of ether oxygens (including phenoxy) is 1. The van der Waals surface area contributed by atoms with Crippen molar-refractivity contribution < 1.29 is 13.9 Å². The van der Waals surface area contributed by atoms with E-state index in [0.717, 1.165) is 0 Å². The minimum absolute atomic E-state index is 0.0430. The summed E-state index contributed by atoms with van der Waals surface area (Å²) >= 11 is 0. The number of aromatic nitrogens is 2. The van der Waals surface area contributed by atoms with Crippen molar-refractivity contribution >= 4 is 11.6 Å². The van der Waals surface area contributed by atoms with Gasteiger partial charge in [0.25, 0.3) is 0 Å². The maximum atomic E-state index is 13.2. The summed E-state index contributed by atoms with van der Waals surface area (Å²) in [4.78, 5) is 22.2. The second-order valence-corrected chi connectivity index (χ2v) is 4.67. The highest BCUT2D eigenvalue weighted by atomic mass is 19.1. The lowest BCUT2D eigenvalue weighted by atomic mass is 10.2.